The summed E-state index contributed by atoms with van der Waals surface area (Å²) in [5.41, 5.74) is 9.07. The number of nitrogens with zero attached hydrogens (tertiary/aromatic N) is 1. The van der Waals surface area contributed by atoms with E-state index in [9.17, 15) is 8.42 Å². The molecule has 2 aromatic carbocycles. The van der Waals surface area contributed by atoms with E-state index in [0.29, 0.717) is 24.9 Å². The molecule has 2 aromatic rings. The molecule has 0 saturated heterocycles. The number of guanidine groups is 1. The smallest absolute Gasteiger partial charge is 0.193 e. The number of anilines is 1. The van der Waals surface area contributed by atoms with Crippen molar-refractivity contribution in [1.82, 2.24) is 0 Å². The Hall–Kier alpha value is -2.54. The maximum absolute atomic E-state index is 11.4. The van der Waals surface area contributed by atoms with Gasteiger partial charge in [0.05, 0.1) is 11.4 Å². The summed E-state index contributed by atoms with van der Waals surface area (Å²) in [6.45, 7) is 4.77. The molecule has 0 bridgehead atoms. The second-order valence-corrected chi connectivity index (χ2v) is 7.88. The van der Waals surface area contributed by atoms with Crippen molar-refractivity contribution in [3.05, 3.63) is 53.6 Å². The van der Waals surface area contributed by atoms with Crippen molar-refractivity contribution in [3.8, 4) is 5.75 Å². The minimum atomic E-state index is -3.19. The molecule has 2 rings (SSSR count). The van der Waals surface area contributed by atoms with Crippen LogP contribution in [0, 0.1) is 13.8 Å². The van der Waals surface area contributed by atoms with Gasteiger partial charge in [-0.1, -0.05) is 6.07 Å². The SMILES string of the molecule is Cc1cc(C)cc(NC(N)=NCCOc2ccc(S(C)(=O)=O)cc2)c1. The van der Waals surface area contributed by atoms with Crippen LogP contribution < -0.4 is 15.8 Å². The topological polar surface area (TPSA) is 93.8 Å². The third-order valence-electron chi connectivity index (χ3n) is 3.39. The highest BCUT2D eigenvalue weighted by Gasteiger charge is 2.06. The van der Waals surface area contributed by atoms with Crippen LogP contribution in [0.5, 0.6) is 5.75 Å². The Labute approximate surface area is 148 Å². The molecule has 0 aromatic heterocycles. The average molecular weight is 361 g/mol. The van der Waals surface area contributed by atoms with Gasteiger partial charge in [-0.3, -0.25) is 0 Å². The average Bonchev–Trinajstić information content (AvgIpc) is 2.50. The summed E-state index contributed by atoms with van der Waals surface area (Å²) in [6.07, 6.45) is 1.17. The van der Waals surface area contributed by atoms with Gasteiger partial charge in [-0.15, -0.1) is 0 Å². The Balaban J connectivity index is 1.84. The Morgan fingerprint density at radius 2 is 1.72 bits per heavy atom. The summed E-state index contributed by atoms with van der Waals surface area (Å²) in [7, 11) is -3.19. The number of hydrogen-bond donors (Lipinski definition) is 2. The molecule has 0 aliphatic rings. The van der Waals surface area contributed by atoms with Crippen molar-refractivity contribution >= 4 is 21.5 Å². The molecule has 0 fully saturated rings. The van der Waals surface area contributed by atoms with Gasteiger partial charge >= 0.3 is 0 Å². The lowest BCUT2D eigenvalue weighted by molar-refractivity contribution is 0.328. The summed E-state index contributed by atoms with van der Waals surface area (Å²) >= 11 is 0. The van der Waals surface area contributed by atoms with E-state index in [1.807, 2.05) is 26.0 Å². The van der Waals surface area contributed by atoms with E-state index in [0.717, 1.165) is 16.8 Å². The van der Waals surface area contributed by atoms with Crippen LogP contribution in [0.2, 0.25) is 0 Å². The molecule has 7 heteroatoms. The number of ether oxygens (including phenoxy) is 1. The fraction of sp³-hybridized carbons (Fsp3) is 0.278. The summed E-state index contributed by atoms with van der Waals surface area (Å²) in [4.78, 5) is 4.48. The Bertz CT molecular complexity index is 839. The second kappa shape index (κ2) is 8.02. The van der Waals surface area contributed by atoms with Crippen LogP contribution in [-0.4, -0.2) is 33.8 Å². The van der Waals surface area contributed by atoms with Crippen LogP contribution in [0.1, 0.15) is 11.1 Å². The highest BCUT2D eigenvalue weighted by Crippen LogP contribution is 2.16. The monoisotopic (exact) mass is 361 g/mol. The molecule has 134 valence electrons. The van der Waals surface area contributed by atoms with E-state index in [-0.39, 0.29) is 4.90 Å². The van der Waals surface area contributed by atoms with Crippen molar-refractivity contribution in [3.63, 3.8) is 0 Å². The zero-order valence-corrected chi connectivity index (χ0v) is 15.4. The molecule has 25 heavy (non-hydrogen) atoms. The van der Waals surface area contributed by atoms with Gasteiger partial charge < -0.3 is 15.8 Å². The first-order valence-corrected chi connectivity index (χ1v) is 9.71. The van der Waals surface area contributed by atoms with Crippen LogP contribution in [0.3, 0.4) is 0 Å². The van der Waals surface area contributed by atoms with Gasteiger partial charge in [0.2, 0.25) is 0 Å². The van der Waals surface area contributed by atoms with E-state index in [1.165, 1.54) is 18.4 Å². The lowest BCUT2D eigenvalue weighted by Gasteiger charge is -2.09. The number of rotatable bonds is 6. The molecule has 0 unspecified atom stereocenters. The summed E-state index contributed by atoms with van der Waals surface area (Å²) in [5, 5.41) is 3.05. The van der Waals surface area contributed by atoms with Gasteiger partial charge in [0.15, 0.2) is 15.8 Å². The Morgan fingerprint density at radius 3 is 2.28 bits per heavy atom. The standard InChI is InChI=1S/C18H23N3O3S/c1-13-10-14(2)12-15(11-13)21-18(19)20-8-9-24-16-4-6-17(7-5-16)25(3,22)23/h4-7,10-12H,8-9H2,1-3H3,(H3,19,20,21). The molecule has 0 radical (unpaired) electrons. The molecule has 0 saturated carbocycles. The van der Waals surface area contributed by atoms with Gasteiger partial charge in [-0.2, -0.15) is 0 Å². The molecule has 0 heterocycles. The van der Waals surface area contributed by atoms with Crippen LogP contribution >= 0.6 is 0 Å². The maximum atomic E-state index is 11.4. The lowest BCUT2D eigenvalue weighted by Crippen LogP contribution is -2.23. The Kier molecular flexibility index (Phi) is 6.03. The van der Waals surface area contributed by atoms with Crippen molar-refractivity contribution < 1.29 is 13.2 Å². The lowest BCUT2D eigenvalue weighted by atomic mass is 10.1. The third-order valence-corrected chi connectivity index (χ3v) is 4.52. The molecule has 0 aliphatic heterocycles. The van der Waals surface area contributed by atoms with Gasteiger partial charge in [-0.25, -0.2) is 13.4 Å². The summed E-state index contributed by atoms with van der Waals surface area (Å²) < 4.78 is 28.3. The highest BCUT2D eigenvalue weighted by molar-refractivity contribution is 7.90. The number of sulfone groups is 1. The number of aliphatic imine (C=N–C) groups is 1. The van der Waals surface area contributed by atoms with Crippen LogP contribution in [0.25, 0.3) is 0 Å². The number of hydrogen-bond acceptors (Lipinski definition) is 4. The minimum Gasteiger partial charge on any atom is -0.492 e. The quantitative estimate of drug-likeness (QED) is 0.468. The molecular weight excluding hydrogens is 338 g/mol. The fourth-order valence-corrected chi connectivity index (χ4v) is 2.98. The van der Waals surface area contributed by atoms with Gasteiger partial charge in [0.1, 0.15) is 12.4 Å². The summed E-state index contributed by atoms with van der Waals surface area (Å²) in [6, 6.07) is 12.4. The van der Waals surface area contributed by atoms with E-state index in [1.54, 1.807) is 12.1 Å². The molecule has 0 atom stereocenters. The second-order valence-electron chi connectivity index (χ2n) is 5.86. The maximum Gasteiger partial charge on any atom is 0.193 e. The van der Waals surface area contributed by atoms with E-state index in [2.05, 4.69) is 16.4 Å². The number of nitrogens with one attached hydrogen (secondary N) is 1. The van der Waals surface area contributed by atoms with Crippen molar-refractivity contribution in [2.45, 2.75) is 18.7 Å². The molecule has 0 aliphatic carbocycles. The van der Waals surface area contributed by atoms with Crippen LogP contribution in [-0.2, 0) is 9.84 Å². The van der Waals surface area contributed by atoms with Crippen LogP contribution in [0.15, 0.2) is 52.4 Å². The van der Waals surface area contributed by atoms with Gasteiger partial charge in [0, 0.05) is 11.9 Å². The fourth-order valence-electron chi connectivity index (χ4n) is 2.35. The third kappa shape index (κ3) is 6.11. The molecule has 6 nitrogen and oxygen atoms in total. The molecule has 0 spiro atoms. The molecular formula is C18H23N3O3S. The number of aryl methyl sites for hydroxylation is 2. The van der Waals surface area contributed by atoms with Gasteiger partial charge in [0.25, 0.3) is 0 Å². The van der Waals surface area contributed by atoms with Crippen molar-refractivity contribution in [2.24, 2.45) is 10.7 Å². The normalized spacial score (nSPS) is 12.0. The van der Waals surface area contributed by atoms with E-state index >= 15 is 0 Å². The first-order chi connectivity index (χ1) is 11.7. The zero-order chi connectivity index (χ0) is 18.4. The number of benzene rings is 2. The van der Waals surface area contributed by atoms with Gasteiger partial charge in [-0.05, 0) is 61.4 Å². The van der Waals surface area contributed by atoms with E-state index in [4.69, 9.17) is 10.5 Å². The van der Waals surface area contributed by atoms with Crippen LogP contribution in [0.4, 0.5) is 5.69 Å². The number of nitrogens with two attached hydrogens (primary N) is 1. The molecule has 3 N–H and O–H groups in total. The Morgan fingerprint density at radius 1 is 1.12 bits per heavy atom. The first-order valence-electron chi connectivity index (χ1n) is 7.82. The first kappa shape index (κ1) is 18.8. The zero-order valence-electron chi connectivity index (χ0n) is 14.6. The van der Waals surface area contributed by atoms with Crippen molar-refractivity contribution in [1.29, 1.82) is 0 Å². The minimum absolute atomic E-state index is 0.264. The van der Waals surface area contributed by atoms with E-state index < -0.39 is 9.84 Å². The largest absolute Gasteiger partial charge is 0.492 e. The highest BCUT2D eigenvalue weighted by atomic mass is 32.2. The summed E-state index contributed by atoms with van der Waals surface area (Å²) in [5.74, 6) is 0.907. The molecule has 0 amide bonds. The predicted octanol–water partition coefficient (Wildman–Crippen LogP) is 2.51. The predicted molar refractivity (Wildman–Crippen MR) is 101 cm³/mol. The van der Waals surface area contributed by atoms with Crippen molar-refractivity contribution in [2.75, 3.05) is 24.7 Å².